The minimum Gasteiger partial charge on any atom is -0.354 e. The Labute approximate surface area is 266 Å². The summed E-state index contributed by atoms with van der Waals surface area (Å²) in [5.74, 6) is -1.30. The molecule has 0 aromatic heterocycles. The molecule has 10 heteroatoms. The van der Waals surface area contributed by atoms with Crippen molar-refractivity contribution in [2.45, 2.75) is 37.8 Å². The van der Waals surface area contributed by atoms with Gasteiger partial charge in [-0.15, -0.1) is 0 Å². The van der Waals surface area contributed by atoms with Gasteiger partial charge in [-0.3, -0.25) is 13.9 Å². The predicted molar refractivity (Wildman–Crippen MR) is 174 cm³/mol. The molecule has 0 aliphatic heterocycles. The topological polar surface area (TPSA) is 86.8 Å². The monoisotopic (exact) mass is 679 g/mol. The fraction of sp³-hybridized carbons (Fsp3) is 0.235. The molecule has 230 valence electrons. The highest BCUT2D eigenvalue weighted by Crippen LogP contribution is 2.25. The van der Waals surface area contributed by atoms with Crippen LogP contribution >= 0.6 is 15.9 Å². The van der Waals surface area contributed by atoms with Gasteiger partial charge in [-0.25, -0.2) is 12.8 Å². The van der Waals surface area contributed by atoms with E-state index in [-0.39, 0.29) is 35.4 Å². The molecule has 0 bridgehead atoms. The number of nitrogens with zero attached hydrogens (tertiary/aromatic N) is 2. The van der Waals surface area contributed by atoms with E-state index in [0.717, 1.165) is 32.0 Å². The van der Waals surface area contributed by atoms with Crippen LogP contribution < -0.4 is 9.62 Å². The summed E-state index contributed by atoms with van der Waals surface area (Å²) in [5.41, 5.74) is 1.72. The highest BCUT2D eigenvalue weighted by molar-refractivity contribution is 9.10. The first-order chi connectivity index (χ1) is 21.0. The Morgan fingerprint density at radius 2 is 1.45 bits per heavy atom. The van der Waals surface area contributed by atoms with Gasteiger partial charge in [0.25, 0.3) is 10.0 Å². The van der Waals surface area contributed by atoms with Gasteiger partial charge >= 0.3 is 0 Å². The van der Waals surface area contributed by atoms with Gasteiger partial charge in [0.15, 0.2) is 0 Å². The van der Waals surface area contributed by atoms with Crippen molar-refractivity contribution >= 4 is 43.5 Å². The highest BCUT2D eigenvalue weighted by atomic mass is 79.9. The maximum Gasteiger partial charge on any atom is 0.264 e. The third-order valence-electron chi connectivity index (χ3n) is 6.92. The van der Waals surface area contributed by atoms with E-state index in [9.17, 15) is 22.4 Å². The molecule has 2 amide bonds. The number of anilines is 1. The van der Waals surface area contributed by atoms with E-state index in [1.54, 1.807) is 18.2 Å². The molecule has 0 saturated carbocycles. The minimum atomic E-state index is -4.25. The summed E-state index contributed by atoms with van der Waals surface area (Å²) in [6.45, 7) is 3.80. The Balaban J connectivity index is 1.79. The largest absolute Gasteiger partial charge is 0.354 e. The van der Waals surface area contributed by atoms with Gasteiger partial charge in [-0.1, -0.05) is 90.4 Å². The van der Waals surface area contributed by atoms with Gasteiger partial charge < -0.3 is 10.2 Å². The second-order valence-corrected chi connectivity index (χ2v) is 13.6. The van der Waals surface area contributed by atoms with E-state index < -0.39 is 34.3 Å². The number of nitrogens with one attached hydrogen (secondary N) is 1. The molecular formula is C34H35BrFN3O4S. The fourth-order valence-electron chi connectivity index (χ4n) is 4.66. The van der Waals surface area contributed by atoms with Gasteiger partial charge in [0, 0.05) is 24.0 Å². The average Bonchev–Trinajstić information content (AvgIpc) is 3.01. The maximum absolute atomic E-state index is 14.4. The average molecular weight is 681 g/mol. The SMILES string of the molecule is CC(C)CNC(=O)C(Cc1ccccc1)N(Cc1cccc(Br)c1)C(=O)CN(c1ccc(F)cc1)S(=O)(=O)c1ccccc1. The molecular weight excluding hydrogens is 645 g/mol. The number of hydrogen-bond donors (Lipinski definition) is 1. The second kappa shape index (κ2) is 15.1. The highest BCUT2D eigenvalue weighted by Gasteiger charge is 2.34. The van der Waals surface area contributed by atoms with Crippen LogP contribution in [-0.4, -0.2) is 44.3 Å². The first-order valence-corrected chi connectivity index (χ1v) is 16.5. The number of sulfonamides is 1. The molecule has 4 aromatic rings. The Morgan fingerprint density at radius 3 is 2.07 bits per heavy atom. The number of amides is 2. The van der Waals surface area contributed by atoms with Crippen LogP contribution in [0.3, 0.4) is 0 Å². The number of rotatable bonds is 13. The van der Waals surface area contributed by atoms with Crippen molar-refractivity contribution in [3.63, 3.8) is 0 Å². The molecule has 0 spiro atoms. The standard InChI is InChI=1S/C34H35BrFN3O4S/c1-25(2)22-37-34(41)32(21-26-10-5-3-6-11-26)38(23-27-12-9-13-28(35)20-27)33(40)24-39(30-18-16-29(36)17-19-30)44(42,43)31-14-7-4-8-15-31/h3-20,25,32H,21-24H2,1-2H3,(H,37,41). The van der Waals surface area contributed by atoms with Gasteiger partial charge in [0.1, 0.15) is 18.4 Å². The van der Waals surface area contributed by atoms with Crippen molar-refractivity contribution in [1.29, 1.82) is 0 Å². The lowest BCUT2D eigenvalue weighted by atomic mass is 10.0. The summed E-state index contributed by atoms with van der Waals surface area (Å²) in [7, 11) is -4.25. The number of halogens is 2. The van der Waals surface area contributed by atoms with E-state index in [0.29, 0.717) is 6.54 Å². The molecule has 0 aliphatic carbocycles. The first-order valence-electron chi connectivity index (χ1n) is 14.2. The normalized spacial score (nSPS) is 12.0. The Morgan fingerprint density at radius 1 is 0.841 bits per heavy atom. The van der Waals surface area contributed by atoms with E-state index in [2.05, 4.69) is 21.2 Å². The molecule has 4 rings (SSSR count). The zero-order valence-electron chi connectivity index (χ0n) is 24.6. The molecule has 0 saturated heterocycles. The first kappa shape index (κ1) is 32.9. The molecule has 1 atom stereocenters. The summed E-state index contributed by atoms with van der Waals surface area (Å²) in [5, 5.41) is 2.97. The zero-order valence-corrected chi connectivity index (χ0v) is 27.0. The Kier molecular flexibility index (Phi) is 11.3. The minimum absolute atomic E-state index is 0.0221. The summed E-state index contributed by atoms with van der Waals surface area (Å²) < 4.78 is 43.5. The van der Waals surface area contributed by atoms with E-state index in [1.807, 2.05) is 68.4 Å². The van der Waals surface area contributed by atoms with E-state index >= 15 is 0 Å². The Hall–Kier alpha value is -4.02. The van der Waals surface area contributed by atoms with Crippen LogP contribution in [0.15, 0.2) is 119 Å². The smallest absolute Gasteiger partial charge is 0.264 e. The van der Waals surface area contributed by atoms with Crippen molar-refractivity contribution < 1.29 is 22.4 Å². The van der Waals surface area contributed by atoms with Crippen LogP contribution in [0, 0.1) is 11.7 Å². The molecule has 7 nitrogen and oxygen atoms in total. The molecule has 0 heterocycles. The van der Waals surface area contributed by atoms with E-state index in [1.165, 1.54) is 29.2 Å². The number of hydrogen-bond acceptors (Lipinski definition) is 4. The number of carbonyl (C=O) groups is 2. The third kappa shape index (κ3) is 8.76. The van der Waals surface area contributed by atoms with Crippen molar-refractivity contribution in [3.05, 3.63) is 131 Å². The lowest BCUT2D eigenvalue weighted by Crippen LogP contribution is -2.53. The summed E-state index contributed by atoms with van der Waals surface area (Å²) >= 11 is 3.48. The van der Waals surface area contributed by atoms with Crippen LogP contribution in [0.5, 0.6) is 0 Å². The van der Waals surface area contributed by atoms with Crippen molar-refractivity contribution in [2.75, 3.05) is 17.4 Å². The van der Waals surface area contributed by atoms with Crippen LogP contribution in [0.4, 0.5) is 10.1 Å². The summed E-state index contributed by atoms with van der Waals surface area (Å²) in [6, 6.07) is 28.5. The summed E-state index contributed by atoms with van der Waals surface area (Å²) in [4.78, 5) is 29.6. The number of benzene rings is 4. The molecule has 1 unspecified atom stereocenters. The zero-order chi connectivity index (χ0) is 31.7. The van der Waals surface area contributed by atoms with Crippen molar-refractivity contribution in [2.24, 2.45) is 5.92 Å². The van der Waals surface area contributed by atoms with Gasteiger partial charge in [0.05, 0.1) is 10.6 Å². The van der Waals surface area contributed by atoms with Crippen molar-refractivity contribution in [3.8, 4) is 0 Å². The maximum atomic E-state index is 14.4. The van der Waals surface area contributed by atoms with Crippen LogP contribution in [0.2, 0.25) is 0 Å². The third-order valence-corrected chi connectivity index (χ3v) is 9.20. The van der Waals surface area contributed by atoms with Gasteiger partial charge in [0.2, 0.25) is 11.8 Å². The molecule has 0 fully saturated rings. The molecule has 0 aliphatic rings. The summed E-state index contributed by atoms with van der Waals surface area (Å²) in [6.07, 6.45) is 0.215. The van der Waals surface area contributed by atoms with E-state index in [4.69, 9.17) is 0 Å². The molecule has 44 heavy (non-hydrogen) atoms. The second-order valence-electron chi connectivity index (χ2n) is 10.8. The van der Waals surface area contributed by atoms with Gasteiger partial charge in [-0.2, -0.15) is 0 Å². The quantitative estimate of drug-likeness (QED) is 0.182. The lowest BCUT2D eigenvalue weighted by Gasteiger charge is -2.34. The predicted octanol–water partition coefficient (Wildman–Crippen LogP) is 6.20. The molecule has 4 aromatic carbocycles. The fourth-order valence-corrected chi connectivity index (χ4v) is 6.55. The van der Waals surface area contributed by atoms with Crippen molar-refractivity contribution in [1.82, 2.24) is 10.2 Å². The van der Waals surface area contributed by atoms with Crippen LogP contribution in [-0.2, 0) is 32.6 Å². The van der Waals surface area contributed by atoms with Gasteiger partial charge in [-0.05, 0) is 65.6 Å². The molecule has 1 N–H and O–H groups in total. The Bertz CT molecular complexity index is 1650. The lowest BCUT2D eigenvalue weighted by molar-refractivity contribution is -0.140. The molecule has 0 radical (unpaired) electrons. The van der Waals surface area contributed by atoms with Crippen LogP contribution in [0.1, 0.15) is 25.0 Å². The number of carbonyl (C=O) groups excluding carboxylic acids is 2. The van der Waals surface area contributed by atoms with Crippen LogP contribution in [0.25, 0.3) is 0 Å².